The molecule has 0 saturated carbocycles. The largest absolute Gasteiger partial charge is 0.491 e. The smallest absolute Gasteiger partial charge is 0.163 e. The number of aromatic nitrogens is 1. The van der Waals surface area contributed by atoms with Crippen molar-refractivity contribution >= 4 is 5.82 Å². The first-order valence-electron chi connectivity index (χ1n) is 5.21. The number of nitrogen functional groups attached to an aromatic ring is 1. The molecule has 1 fully saturated rings. The Kier molecular flexibility index (Phi) is 2.98. The van der Waals surface area contributed by atoms with Crippen LogP contribution in [0.5, 0.6) is 5.75 Å². The number of hydrogen-bond donors (Lipinski definition) is 1. The Balaban J connectivity index is 1.84. The molecule has 0 unspecified atom stereocenters. The SMILES string of the molecule is CC1(C)OC[C@@H](COc2ccnc(N)c2)O1. The molecule has 1 saturated heterocycles. The highest BCUT2D eigenvalue weighted by Crippen LogP contribution is 2.23. The molecule has 0 spiro atoms. The van der Waals surface area contributed by atoms with Crippen molar-refractivity contribution in [3.8, 4) is 5.75 Å². The van der Waals surface area contributed by atoms with Crippen LogP contribution in [0.25, 0.3) is 0 Å². The van der Waals surface area contributed by atoms with Crippen LogP contribution in [-0.2, 0) is 9.47 Å². The van der Waals surface area contributed by atoms with Crippen LogP contribution in [0, 0.1) is 0 Å². The molecule has 1 aliphatic heterocycles. The van der Waals surface area contributed by atoms with Gasteiger partial charge in [-0.15, -0.1) is 0 Å². The summed E-state index contributed by atoms with van der Waals surface area (Å²) < 4.78 is 16.6. The second-order valence-electron chi connectivity index (χ2n) is 4.18. The van der Waals surface area contributed by atoms with E-state index in [0.29, 0.717) is 24.8 Å². The van der Waals surface area contributed by atoms with Crippen molar-refractivity contribution in [2.75, 3.05) is 18.9 Å². The van der Waals surface area contributed by atoms with Gasteiger partial charge in [0.25, 0.3) is 0 Å². The van der Waals surface area contributed by atoms with E-state index in [9.17, 15) is 0 Å². The molecule has 5 nitrogen and oxygen atoms in total. The van der Waals surface area contributed by atoms with Crippen LogP contribution in [-0.4, -0.2) is 30.1 Å². The number of nitrogens with two attached hydrogens (primary N) is 1. The fourth-order valence-electron chi connectivity index (χ4n) is 1.55. The van der Waals surface area contributed by atoms with E-state index in [1.54, 1.807) is 18.3 Å². The molecule has 1 atom stereocenters. The van der Waals surface area contributed by atoms with Crippen molar-refractivity contribution in [3.63, 3.8) is 0 Å². The van der Waals surface area contributed by atoms with E-state index in [1.807, 2.05) is 13.8 Å². The lowest BCUT2D eigenvalue weighted by atomic mass is 10.4. The molecule has 2 heterocycles. The molecule has 5 heteroatoms. The molecule has 2 rings (SSSR count). The van der Waals surface area contributed by atoms with Gasteiger partial charge >= 0.3 is 0 Å². The first-order chi connectivity index (χ1) is 7.55. The van der Waals surface area contributed by atoms with E-state index in [4.69, 9.17) is 19.9 Å². The van der Waals surface area contributed by atoms with Crippen molar-refractivity contribution in [1.29, 1.82) is 0 Å². The van der Waals surface area contributed by atoms with Crippen molar-refractivity contribution < 1.29 is 14.2 Å². The zero-order valence-corrected chi connectivity index (χ0v) is 9.47. The molecular formula is C11H16N2O3. The molecule has 0 aliphatic carbocycles. The van der Waals surface area contributed by atoms with Gasteiger partial charge in [-0.2, -0.15) is 0 Å². The first kappa shape index (κ1) is 11.2. The fraction of sp³-hybridized carbons (Fsp3) is 0.545. The predicted octanol–water partition coefficient (Wildman–Crippen LogP) is 1.19. The summed E-state index contributed by atoms with van der Waals surface area (Å²) in [5.41, 5.74) is 5.54. The zero-order valence-electron chi connectivity index (χ0n) is 9.47. The Bertz CT molecular complexity index is 368. The number of anilines is 1. The van der Waals surface area contributed by atoms with Gasteiger partial charge in [-0.25, -0.2) is 4.98 Å². The van der Waals surface area contributed by atoms with Gasteiger partial charge in [0.2, 0.25) is 0 Å². The van der Waals surface area contributed by atoms with Gasteiger partial charge in [0.15, 0.2) is 5.79 Å². The minimum absolute atomic E-state index is 0.0376. The molecule has 2 N–H and O–H groups in total. The van der Waals surface area contributed by atoms with Crippen LogP contribution < -0.4 is 10.5 Å². The summed E-state index contributed by atoms with van der Waals surface area (Å²) in [6.45, 7) is 4.77. The third-order valence-corrected chi connectivity index (χ3v) is 2.26. The topological polar surface area (TPSA) is 66.6 Å². The van der Waals surface area contributed by atoms with Gasteiger partial charge in [0, 0.05) is 12.3 Å². The van der Waals surface area contributed by atoms with Crippen LogP contribution in [0.2, 0.25) is 0 Å². The number of pyridine rings is 1. The van der Waals surface area contributed by atoms with Gasteiger partial charge in [0.05, 0.1) is 6.61 Å². The Labute approximate surface area is 94.5 Å². The number of hydrogen-bond acceptors (Lipinski definition) is 5. The lowest BCUT2D eigenvalue weighted by Crippen LogP contribution is -2.25. The standard InChI is InChI=1S/C11H16N2O3/c1-11(2)15-7-9(16-11)6-14-8-3-4-13-10(12)5-8/h3-5,9H,6-7H2,1-2H3,(H2,12,13)/t9-/m1/s1. The average molecular weight is 224 g/mol. The van der Waals surface area contributed by atoms with E-state index in [2.05, 4.69) is 4.98 Å². The number of ether oxygens (including phenoxy) is 3. The third kappa shape index (κ3) is 2.84. The van der Waals surface area contributed by atoms with Gasteiger partial charge in [-0.05, 0) is 19.9 Å². The average Bonchev–Trinajstić information content (AvgIpc) is 2.56. The van der Waals surface area contributed by atoms with E-state index >= 15 is 0 Å². The molecule has 88 valence electrons. The molecular weight excluding hydrogens is 208 g/mol. The summed E-state index contributed by atoms with van der Waals surface area (Å²) in [5.74, 6) is 0.632. The van der Waals surface area contributed by atoms with Crippen molar-refractivity contribution in [2.24, 2.45) is 0 Å². The summed E-state index contributed by atoms with van der Waals surface area (Å²) in [4.78, 5) is 3.88. The van der Waals surface area contributed by atoms with Gasteiger partial charge in [0.1, 0.15) is 24.3 Å². The minimum atomic E-state index is -0.509. The van der Waals surface area contributed by atoms with Gasteiger partial charge in [-0.1, -0.05) is 0 Å². The van der Waals surface area contributed by atoms with E-state index in [-0.39, 0.29) is 6.10 Å². The maximum absolute atomic E-state index is 5.61. The predicted molar refractivity (Wildman–Crippen MR) is 59.0 cm³/mol. The Morgan fingerprint density at radius 2 is 2.44 bits per heavy atom. The normalized spacial score (nSPS) is 23.2. The maximum atomic E-state index is 5.61. The van der Waals surface area contributed by atoms with Crippen molar-refractivity contribution in [2.45, 2.75) is 25.7 Å². The first-order valence-corrected chi connectivity index (χ1v) is 5.21. The summed E-state index contributed by atoms with van der Waals surface area (Å²) in [6.07, 6.45) is 1.57. The van der Waals surface area contributed by atoms with E-state index in [1.165, 1.54) is 0 Å². The fourth-order valence-corrected chi connectivity index (χ4v) is 1.55. The summed E-state index contributed by atoms with van der Waals surface area (Å²) in [6, 6.07) is 3.44. The monoisotopic (exact) mass is 224 g/mol. The van der Waals surface area contributed by atoms with Crippen LogP contribution in [0.1, 0.15) is 13.8 Å². The lowest BCUT2D eigenvalue weighted by Gasteiger charge is -2.17. The quantitative estimate of drug-likeness (QED) is 0.835. The lowest BCUT2D eigenvalue weighted by molar-refractivity contribution is -0.141. The molecule has 0 bridgehead atoms. The summed E-state index contributed by atoms with van der Waals surface area (Å²) >= 11 is 0. The summed E-state index contributed by atoms with van der Waals surface area (Å²) in [5, 5.41) is 0. The van der Waals surface area contributed by atoms with Crippen LogP contribution >= 0.6 is 0 Å². The maximum Gasteiger partial charge on any atom is 0.163 e. The highest BCUT2D eigenvalue weighted by molar-refractivity contribution is 5.35. The molecule has 0 radical (unpaired) electrons. The Morgan fingerprint density at radius 3 is 3.06 bits per heavy atom. The van der Waals surface area contributed by atoms with Gasteiger partial charge < -0.3 is 19.9 Å². The molecule has 0 aromatic carbocycles. The van der Waals surface area contributed by atoms with E-state index in [0.717, 1.165) is 0 Å². The molecule has 1 aromatic rings. The second kappa shape index (κ2) is 4.27. The molecule has 16 heavy (non-hydrogen) atoms. The third-order valence-electron chi connectivity index (χ3n) is 2.26. The van der Waals surface area contributed by atoms with Crippen molar-refractivity contribution in [3.05, 3.63) is 18.3 Å². The van der Waals surface area contributed by atoms with Crippen LogP contribution in [0.4, 0.5) is 5.82 Å². The van der Waals surface area contributed by atoms with Crippen molar-refractivity contribution in [1.82, 2.24) is 4.98 Å². The highest BCUT2D eigenvalue weighted by atomic mass is 16.7. The summed E-state index contributed by atoms with van der Waals surface area (Å²) in [7, 11) is 0. The van der Waals surface area contributed by atoms with Crippen LogP contribution in [0.15, 0.2) is 18.3 Å². The Morgan fingerprint density at radius 1 is 1.62 bits per heavy atom. The zero-order chi connectivity index (χ0) is 11.6. The molecule has 1 aliphatic rings. The molecule has 0 amide bonds. The van der Waals surface area contributed by atoms with E-state index < -0.39 is 5.79 Å². The number of nitrogens with zero attached hydrogens (tertiary/aromatic N) is 1. The second-order valence-corrected chi connectivity index (χ2v) is 4.18. The number of rotatable bonds is 3. The molecule has 1 aromatic heterocycles. The van der Waals surface area contributed by atoms with Gasteiger partial charge in [-0.3, -0.25) is 0 Å². The Hall–Kier alpha value is -1.33. The van der Waals surface area contributed by atoms with Crippen LogP contribution in [0.3, 0.4) is 0 Å². The minimum Gasteiger partial charge on any atom is -0.491 e. The highest BCUT2D eigenvalue weighted by Gasteiger charge is 2.32.